The molecule has 1 aliphatic heterocycles. The molecule has 0 unspecified atom stereocenters. The van der Waals surface area contributed by atoms with Gasteiger partial charge in [0.1, 0.15) is 40.3 Å². The molecule has 0 amide bonds. The highest BCUT2D eigenvalue weighted by atomic mass is 32.1. The van der Waals surface area contributed by atoms with Crippen LogP contribution in [-0.2, 0) is 0 Å². The lowest BCUT2D eigenvalue weighted by molar-refractivity contribution is -0.0287. The maximum absolute atomic E-state index is 13.4. The smallest absolute Gasteiger partial charge is 0.262 e. The lowest BCUT2D eigenvalue weighted by atomic mass is 10.0. The van der Waals surface area contributed by atoms with Crippen molar-refractivity contribution in [3.8, 4) is 22.9 Å². The van der Waals surface area contributed by atoms with Gasteiger partial charge in [-0.25, -0.2) is 4.39 Å². The van der Waals surface area contributed by atoms with Gasteiger partial charge in [-0.1, -0.05) is 17.3 Å². The van der Waals surface area contributed by atoms with Crippen LogP contribution in [-0.4, -0.2) is 58.3 Å². The molecular weight excluding hydrogens is 497 g/mol. The lowest BCUT2D eigenvalue weighted by Crippen LogP contribution is -2.48. The van der Waals surface area contributed by atoms with Crippen LogP contribution in [0.1, 0.15) is 19.8 Å². The van der Waals surface area contributed by atoms with Crippen molar-refractivity contribution in [2.45, 2.75) is 31.5 Å². The number of hydrogen-bond acceptors (Lipinski definition) is 9. The summed E-state index contributed by atoms with van der Waals surface area (Å²) in [5.74, 6) is 0.681. The number of fused-ring (bicyclic) bond motifs is 2. The number of β-amino-alcohol motifs (C(OH)–C–C–N with tert-alkyl or cyclic N) is 1. The maximum Gasteiger partial charge on any atom is 0.262 e. The second-order valence-corrected chi connectivity index (χ2v) is 10.6. The minimum atomic E-state index is -1.04. The first-order chi connectivity index (χ1) is 17.9. The monoisotopic (exact) mass is 523 g/mol. The van der Waals surface area contributed by atoms with Gasteiger partial charge in [0.25, 0.3) is 5.88 Å². The summed E-state index contributed by atoms with van der Waals surface area (Å²) in [6.07, 6.45) is 1.54. The van der Waals surface area contributed by atoms with Crippen LogP contribution in [0.2, 0.25) is 0 Å². The fourth-order valence-corrected chi connectivity index (χ4v) is 5.49. The molecule has 8 nitrogen and oxygen atoms in total. The number of likely N-dealkylation sites (tertiary alicyclic amines) is 1. The van der Waals surface area contributed by atoms with E-state index in [-0.39, 0.29) is 18.5 Å². The van der Waals surface area contributed by atoms with E-state index in [4.69, 9.17) is 18.5 Å². The Morgan fingerprint density at radius 2 is 1.95 bits per heavy atom. The van der Waals surface area contributed by atoms with Crippen LogP contribution in [0.4, 0.5) is 4.39 Å². The number of aromatic nitrogens is 2. The van der Waals surface area contributed by atoms with Crippen molar-refractivity contribution in [2.24, 2.45) is 0 Å². The number of nitrogens with zero attached hydrogens (tertiary/aromatic N) is 3. The summed E-state index contributed by atoms with van der Waals surface area (Å²) in [6, 6.07) is 13.9. The molecule has 0 saturated carbocycles. The first-order valence-electron chi connectivity index (χ1n) is 12.2. The SMILES string of the molecule is C[C@@](O)(COc1cccc(-c2noc3ccsc23)c1)CN1CCC(Oc2noc3cc(F)ccc23)CC1. The molecule has 5 aromatic rings. The van der Waals surface area contributed by atoms with Crippen LogP contribution in [0.3, 0.4) is 0 Å². The van der Waals surface area contributed by atoms with Gasteiger partial charge in [0.15, 0.2) is 11.2 Å². The molecule has 0 bridgehead atoms. The number of benzene rings is 2. The van der Waals surface area contributed by atoms with Crippen molar-refractivity contribution in [1.29, 1.82) is 0 Å². The Hall–Kier alpha value is -3.47. The first-order valence-corrected chi connectivity index (χ1v) is 13.0. The van der Waals surface area contributed by atoms with Crippen LogP contribution in [0.15, 0.2) is 63.0 Å². The standard InChI is InChI=1S/C27H26FN3O5S/c1-27(32,16-33-20-4-2-3-17(13-20)24-25-22(35-29-24)9-12-37-25)15-31-10-7-19(8-11-31)34-26-21-6-5-18(28)14-23(21)36-30-26/h2-6,9,12-14,19,32H,7-8,10-11,15-16H2,1H3/t27-/m0/s1. The summed E-state index contributed by atoms with van der Waals surface area (Å²) < 4.78 is 37.0. The third kappa shape index (κ3) is 5.18. The summed E-state index contributed by atoms with van der Waals surface area (Å²) in [4.78, 5) is 2.21. The van der Waals surface area contributed by atoms with E-state index in [2.05, 4.69) is 15.2 Å². The summed E-state index contributed by atoms with van der Waals surface area (Å²) >= 11 is 1.59. The Bertz CT molecular complexity index is 1520. The van der Waals surface area contributed by atoms with E-state index in [1.54, 1.807) is 24.3 Å². The molecule has 37 heavy (non-hydrogen) atoms. The van der Waals surface area contributed by atoms with E-state index in [0.717, 1.165) is 47.5 Å². The molecule has 1 saturated heterocycles. The summed E-state index contributed by atoms with van der Waals surface area (Å²) in [5, 5.41) is 21.8. The Balaban J connectivity index is 1.01. The van der Waals surface area contributed by atoms with Crippen LogP contribution in [0, 0.1) is 5.82 Å². The zero-order valence-corrected chi connectivity index (χ0v) is 21.0. The first kappa shape index (κ1) is 23.9. The number of rotatable bonds is 8. The van der Waals surface area contributed by atoms with Gasteiger partial charge in [-0.3, -0.25) is 0 Å². The predicted octanol–water partition coefficient (Wildman–Crippen LogP) is 5.51. The molecule has 192 valence electrons. The average Bonchev–Trinajstić information content (AvgIpc) is 3.61. The van der Waals surface area contributed by atoms with Crippen molar-refractivity contribution in [2.75, 3.05) is 26.2 Å². The second-order valence-electron chi connectivity index (χ2n) is 9.68. The van der Waals surface area contributed by atoms with Gasteiger partial charge in [0, 0.05) is 31.3 Å². The molecule has 1 aliphatic rings. The van der Waals surface area contributed by atoms with Crippen LogP contribution in [0.5, 0.6) is 11.6 Å². The summed E-state index contributed by atoms with van der Waals surface area (Å²) in [5.41, 5.74) is 1.80. The molecule has 1 N–H and O–H groups in total. The normalized spacial score (nSPS) is 16.8. The zero-order valence-electron chi connectivity index (χ0n) is 20.2. The number of halogens is 1. The Morgan fingerprint density at radius 1 is 1.11 bits per heavy atom. The Labute approximate surface area is 216 Å². The second kappa shape index (κ2) is 9.77. The van der Waals surface area contributed by atoms with Crippen molar-refractivity contribution >= 4 is 32.6 Å². The average molecular weight is 524 g/mol. The molecule has 2 aromatic carbocycles. The molecule has 0 aliphatic carbocycles. The molecule has 10 heteroatoms. The number of hydrogen-bond donors (Lipinski definition) is 1. The van der Waals surface area contributed by atoms with E-state index < -0.39 is 5.60 Å². The van der Waals surface area contributed by atoms with E-state index in [1.807, 2.05) is 35.7 Å². The molecule has 1 atom stereocenters. The number of thiophene rings is 1. The van der Waals surface area contributed by atoms with Crippen LogP contribution >= 0.6 is 11.3 Å². The summed E-state index contributed by atoms with van der Waals surface area (Å²) in [7, 11) is 0. The highest BCUT2D eigenvalue weighted by molar-refractivity contribution is 7.17. The van der Waals surface area contributed by atoms with E-state index >= 15 is 0 Å². The quantitative estimate of drug-likeness (QED) is 0.285. The van der Waals surface area contributed by atoms with Crippen LogP contribution < -0.4 is 9.47 Å². The predicted molar refractivity (Wildman–Crippen MR) is 137 cm³/mol. The molecule has 6 rings (SSSR count). The number of piperidine rings is 1. The van der Waals surface area contributed by atoms with Gasteiger partial charge in [-0.05, 0) is 60.6 Å². The minimum Gasteiger partial charge on any atom is -0.491 e. The Morgan fingerprint density at radius 3 is 2.81 bits per heavy atom. The molecular formula is C27H26FN3O5S. The topological polar surface area (TPSA) is 94.0 Å². The Kier molecular flexibility index (Phi) is 6.31. The van der Waals surface area contributed by atoms with Gasteiger partial charge in [0.05, 0.1) is 5.39 Å². The third-order valence-corrected chi connectivity index (χ3v) is 7.42. The van der Waals surface area contributed by atoms with Crippen LogP contribution in [0.25, 0.3) is 32.5 Å². The molecule has 1 fully saturated rings. The zero-order chi connectivity index (χ0) is 25.4. The third-order valence-electron chi connectivity index (χ3n) is 6.51. The van der Waals surface area contributed by atoms with E-state index in [9.17, 15) is 9.50 Å². The minimum absolute atomic E-state index is 0.0233. The van der Waals surface area contributed by atoms with E-state index in [1.165, 1.54) is 12.1 Å². The lowest BCUT2D eigenvalue weighted by Gasteiger charge is -2.36. The molecule has 0 spiro atoms. The van der Waals surface area contributed by atoms with Crippen molar-refractivity contribution in [1.82, 2.24) is 15.2 Å². The van der Waals surface area contributed by atoms with Gasteiger partial charge < -0.3 is 28.5 Å². The number of aliphatic hydroxyl groups is 1. The molecule has 0 radical (unpaired) electrons. The highest BCUT2D eigenvalue weighted by Gasteiger charge is 2.29. The maximum atomic E-state index is 13.4. The highest BCUT2D eigenvalue weighted by Crippen LogP contribution is 2.33. The van der Waals surface area contributed by atoms with Gasteiger partial charge in [0.2, 0.25) is 0 Å². The van der Waals surface area contributed by atoms with Gasteiger partial charge in [-0.2, -0.15) is 0 Å². The van der Waals surface area contributed by atoms with Crippen molar-refractivity contribution in [3.63, 3.8) is 0 Å². The summed E-state index contributed by atoms with van der Waals surface area (Å²) in [6.45, 7) is 3.95. The van der Waals surface area contributed by atoms with E-state index in [0.29, 0.717) is 29.1 Å². The van der Waals surface area contributed by atoms with Gasteiger partial charge >= 0.3 is 0 Å². The largest absolute Gasteiger partial charge is 0.491 e. The fourth-order valence-electron chi connectivity index (χ4n) is 4.68. The molecule has 4 heterocycles. The molecule has 3 aromatic heterocycles. The van der Waals surface area contributed by atoms with Crippen molar-refractivity contribution < 1.29 is 28.0 Å². The number of ether oxygens (including phenoxy) is 2. The van der Waals surface area contributed by atoms with Crippen molar-refractivity contribution in [3.05, 3.63) is 59.7 Å². The van der Waals surface area contributed by atoms with Gasteiger partial charge in [-0.15, -0.1) is 11.3 Å². The fraction of sp³-hybridized carbons (Fsp3) is 0.333.